The van der Waals surface area contributed by atoms with Crippen molar-refractivity contribution in [1.82, 2.24) is 9.80 Å². The Morgan fingerprint density at radius 2 is 1.87 bits per heavy atom. The maximum Gasteiger partial charge on any atom is 0.227 e. The lowest BCUT2D eigenvalue weighted by atomic mass is 10.3. The fourth-order valence-corrected chi connectivity index (χ4v) is 3.16. The van der Waals surface area contributed by atoms with Crippen LogP contribution in [0.5, 0.6) is 0 Å². The van der Waals surface area contributed by atoms with Crippen LogP contribution >= 0.6 is 11.8 Å². The summed E-state index contributed by atoms with van der Waals surface area (Å²) in [4.78, 5) is 15.4. The monoisotopic (exact) mass is 332 g/mol. The van der Waals surface area contributed by atoms with E-state index >= 15 is 0 Å². The third kappa shape index (κ3) is 4.26. The van der Waals surface area contributed by atoms with Gasteiger partial charge in [-0.05, 0) is 36.9 Å². The molecule has 0 spiro atoms. The second-order valence-corrected chi connectivity index (χ2v) is 6.64. The van der Waals surface area contributed by atoms with Gasteiger partial charge in [0.25, 0.3) is 0 Å². The van der Waals surface area contributed by atoms with E-state index in [0.29, 0.717) is 0 Å². The normalized spacial score (nSPS) is 21.3. The van der Waals surface area contributed by atoms with Crippen molar-refractivity contribution in [2.75, 3.05) is 46.2 Å². The molecule has 2 saturated heterocycles. The molecule has 0 atom stereocenters. The van der Waals surface area contributed by atoms with Crippen molar-refractivity contribution in [3.63, 3.8) is 0 Å². The molecule has 0 saturated carbocycles. The highest BCUT2D eigenvalue weighted by Gasteiger charge is 2.19. The molecule has 3 rings (SSSR count). The van der Waals surface area contributed by atoms with Crippen LogP contribution in [0, 0.1) is 0 Å². The second-order valence-electron chi connectivity index (χ2n) is 5.76. The van der Waals surface area contributed by atoms with Crippen LogP contribution in [-0.4, -0.2) is 67.7 Å². The molecule has 23 heavy (non-hydrogen) atoms. The molecule has 0 N–H and O–H groups in total. The average Bonchev–Trinajstić information content (AvgIpc) is 3.00. The zero-order valence-corrected chi connectivity index (χ0v) is 14.7. The highest BCUT2D eigenvalue weighted by Crippen LogP contribution is 2.21. The fourth-order valence-electron chi connectivity index (χ4n) is 2.75. The molecule has 124 valence electrons. The number of nitrogens with zero attached hydrogens (tertiary/aromatic N) is 4. The molecule has 0 unspecified atom stereocenters. The molecule has 0 aromatic heterocycles. The van der Waals surface area contributed by atoms with Gasteiger partial charge >= 0.3 is 0 Å². The van der Waals surface area contributed by atoms with Crippen LogP contribution in [0.1, 0.15) is 12.8 Å². The number of morpholine rings is 1. The molecule has 2 heterocycles. The standard InChI is InChI=1S/C17H24N4OS/c1-20-9-3-4-16(20)19-17(21-10-12-22-13-11-21)18-14-5-7-15(23-2)8-6-14/h5-8H,3-4,9-13H2,1-2H3. The number of thioether (sulfide) groups is 1. The van der Waals surface area contributed by atoms with Gasteiger partial charge in [0, 0.05) is 38.0 Å². The van der Waals surface area contributed by atoms with Crippen molar-refractivity contribution in [2.24, 2.45) is 9.98 Å². The largest absolute Gasteiger partial charge is 0.378 e. The quantitative estimate of drug-likeness (QED) is 0.474. The summed E-state index contributed by atoms with van der Waals surface area (Å²) in [5.41, 5.74) is 0.953. The van der Waals surface area contributed by atoms with E-state index in [2.05, 4.69) is 47.4 Å². The topological polar surface area (TPSA) is 40.4 Å². The first kappa shape index (κ1) is 16.3. The van der Waals surface area contributed by atoms with Crippen LogP contribution in [0.2, 0.25) is 0 Å². The molecular weight excluding hydrogens is 308 g/mol. The molecule has 6 heteroatoms. The number of aliphatic imine (C=N–C) groups is 2. The highest BCUT2D eigenvalue weighted by molar-refractivity contribution is 7.98. The Labute approximate surface area is 142 Å². The van der Waals surface area contributed by atoms with Crippen LogP contribution in [0.25, 0.3) is 0 Å². The number of rotatable bonds is 2. The molecule has 1 aromatic rings. The smallest absolute Gasteiger partial charge is 0.227 e. The van der Waals surface area contributed by atoms with E-state index in [1.807, 2.05) is 0 Å². The zero-order chi connectivity index (χ0) is 16.1. The zero-order valence-electron chi connectivity index (χ0n) is 13.9. The lowest BCUT2D eigenvalue weighted by molar-refractivity contribution is 0.0676. The summed E-state index contributed by atoms with van der Waals surface area (Å²) in [5, 5.41) is 0. The number of ether oxygens (including phenoxy) is 1. The van der Waals surface area contributed by atoms with Crippen molar-refractivity contribution < 1.29 is 4.74 Å². The molecule has 2 aliphatic heterocycles. The van der Waals surface area contributed by atoms with Gasteiger partial charge in [-0.3, -0.25) is 0 Å². The summed E-state index contributed by atoms with van der Waals surface area (Å²) in [6, 6.07) is 8.33. The molecule has 2 fully saturated rings. The molecule has 0 amide bonds. The fraction of sp³-hybridized carbons (Fsp3) is 0.529. The van der Waals surface area contributed by atoms with Gasteiger partial charge in [0.1, 0.15) is 5.84 Å². The van der Waals surface area contributed by atoms with E-state index < -0.39 is 0 Å². The summed E-state index contributed by atoms with van der Waals surface area (Å²) in [6.07, 6.45) is 4.29. The first-order valence-electron chi connectivity index (χ1n) is 8.10. The second kappa shape index (κ2) is 7.84. The van der Waals surface area contributed by atoms with Gasteiger partial charge in [0.2, 0.25) is 5.96 Å². The molecule has 0 aliphatic carbocycles. The van der Waals surface area contributed by atoms with Crippen molar-refractivity contribution in [3.05, 3.63) is 24.3 Å². The van der Waals surface area contributed by atoms with Gasteiger partial charge < -0.3 is 14.5 Å². The number of benzene rings is 1. The molecule has 0 radical (unpaired) electrons. The van der Waals surface area contributed by atoms with E-state index in [1.54, 1.807) is 11.8 Å². The Kier molecular flexibility index (Phi) is 5.56. The van der Waals surface area contributed by atoms with Crippen LogP contribution in [0.4, 0.5) is 5.69 Å². The Hall–Kier alpha value is -1.53. The third-order valence-electron chi connectivity index (χ3n) is 4.16. The lowest BCUT2D eigenvalue weighted by Gasteiger charge is -2.28. The van der Waals surface area contributed by atoms with Gasteiger partial charge in [-0.25, -0.2) is 4.99 Å². The Morgan fingerprint density at radius 1 is 1.13 bits per heavy atom. The van der Waals surface area contributed by atoms with E-state index in [0.717, 1.165) is 56.8 Å². The van der Waals surface area contributed by atoms with Crippen LogP contribution < -0.4 is 0 Å². The summed E-state index contributed by atoms with van der Waals surface area (Å²) < 4.78 is 5.46. The van der Waals surface area contributed by atoms with Gasteiger partial charge in [0.05, 0.1) is 18.9 Å². The Bertz CT molecular complexity index is 579. The van der Waals surface area contributed by atoms with Crippen LogP contribution in [-0.2, 0) is 4.74 Å². The number of likely N-dealkylation sites (tertiary alicyclic amines) is 1. The van der Waals surface area contributed by atoms with Gasteiger partial charge in [-0.1, -0.05) is 0 Å². The minimum absolute atomic E-state index is 0.741. The maximum absolute atomic E-state index is 5.46. The van der Waals surface area contributed by atoms with E-state index in [-0.39, 0.29) is 0 Å². The van der Waals surface area contributed by atoms with Crippen molar-refractivity contribution in [1.29, 1.82) is 0 Å². The molecular formula is C17H24N4OS. The molecule has 5 nitrogen and oxygen atoms in total. The maximum atomic E-state index is 5.46. The highest BCUT2D eigenvalue weighted by atomic mass is 32.2. The third-order valence-corrected chi connectivity index (χ3v) is 4.90. The van der Waals surface area contributed by atoms with E-state index in [9.17, 15) is 0 Å². The summed E-state index contributed by atoms with van der Waals surface area (Å²) in [6.45, 7) is 4.26. The first-order valence-corrected chi connectivity index (χ1v) is 9.33. The summed E-state index contributed by atoms with van der Waals surface area (Å²) in [5.74, 6) is 1.95. The van der Waals surface area contributed by atoms with Gasteiger partial charge in [-0.2, -0.15) is 4.99 Å². The number of hydrogen-bond donors (Lipinski definition) is 0. The Balaban J connectivity index is 1.87. The van der Waals surface area contributed by atoms with Crippen molar-refractivity contribution in [2.45, 2.75) is 17.7 Å². The first-order chi connectivity index (χ1) is 11.3. The van der Waals surface area contributed by atoms with Gasteiger partial charge in [0.15, 0.2) is 0 Å². The number of hydrogen-bond acceptors (Lipinski definition) is 3. The number of amidine groups is 1. The van der Waals surface area contributed by atoms with Crippen LogP contribution in [0.3, 0.4) is 0 Å². The minimum atomic E-state index is 0.741. The average molecular weight is 332 g/mol. The predicted octanol–water partition coefficient (Wildman–Crippen LogP) is 2.85. The summed E-state index contributed by atoms with van der Waals surface area (Å²) in [7, 11) is 2.11. The lowest BCUT2D eigenvalue weighted by Crippen LogP contribution is -2.40. The van der Waals surface area contributed by atoms with E-state index in [4.69, 9.17) is 14.7 Å². The van der Waals surface area contributed by atoms with Crippen molar-refractivity contribution in [3.8, 4) is 0 Å². The molecule has 1 aromatic carbocycles. The SMILES string of the molecule is CSc1ccc(N=C(N=C2CCCN2C)N2CCOCC2)cc1. The van der Waals surface area contributed by atoms with E-state index in [1.165, 1.54) is 11.3 Å². The predicted molar refractivity (Wildman–Crippen MR) is 97.0 cm³/mol. The molecule has 2 aliphatic rings. The van der Waals surface area contributed by atoms with Crippen LogP contribution in [0.15, 0.2) is 39.1 Å². The number of guanidine groups is 1. The molecule has 0 bridgehead atoms. The van der Waals surface area contributed by atoms with Crippen molar-refractivity contribution >= 4 is 29.2 Å². The summed E-state index contributed by atoms with van der Waals surface area (Å²) >= 11 is 1.74. The minimum Gasteiger partial charge on any atom is -0.378 e. The Morgan fingerprint density at radius 3 is 2.48 bits per heavy atom. The van der Waals surface area contributed by atoms with Gasteiger partial charge in [-0.15, -0.1) is 11.8 Å².